The summed E-state index contributed by atoms with van der Waals surface area (Å²) in [5.41, 5.74) is 1.25. The molecule has 0 saturated heterocycles. The maximum absolute atomic E-state index is 10.9. The van der Waals surface area contributed by atoms with Crippen molar-refractivity contribution in [1.29, 1.82) is 0 Å². The van der Waals surface area contributed by atoms with Gasteiger partial charge < -0.3 is 4.74 Å². The van der Waals surface area contributed by atoms with Gasteiger partial charge in [-0.25, -0.2) is 4.79 Å². The smallest absolute Gasteiger partial charge is 0.343 e. The Morgan fingerprint density at radius 1 is 1.25 bits per heavy atom. The van der Waals surface area contributed by atoms with E-state index >= 15 is 0 Å². The summed E-state index contributed by atoms with van der Waals surface area (Å²) in [6, 6.07) is 7.25. The first kappa shape index (κ1) is 9.52. The van der Waals surface area contributed by atoms with E-state index in [0.717, 1.165) is 5.56 Å². The Hall–Kier alpha value is -0.570. The van der Waals surface area contributed by atoms with Crippen molar-refractivity contribution < 1.29 is 9.53 Å². The number of carbonyl (C=O) groups is 1. The van der Waals surface area contributed by atoms with Crippen molar-refractivity contribution in [1.82, 2.24) is 0 Å². The molecule has 0 atom stereocenters. The Bertz CT molecular complexity index is 344. The quantitative estimate of drug-likeness (QED) is 0.253. The number of hydrogen-bond acceptors (Lipinski definition) is 2. The number of benzene rings is 1. The predicted molar refractivity (Wildman–Crippen MR) is 46.9 cm³/mol. The van der Waals surface area contributed by atoms with E-state index < -0.39 is 0 Å². The molecule has 2 rings (SSSR count). The van der Waals surface area contributed by atoms with E-state index in [1.165, 1.54) is 0 Å². The van der Waals surface area contributed by atoms with Gasteiger partial charge in [0.2, 0.25) is 0 Å². The second kappa shape index (κ2) is 3.44. The van der Waals surface area contributed by atoms with Crippen molar-refractivity contribution in [3.63, 3.8) is 0 Å². The first-order valence-corrected chi connectivity index (χ1v) is 3.29. The van der Waals surface area contributed by atoms with Crippen molar-refractivity contribution in [2.24, 2.45) is 0 Å². The summed E-state index contributed by atoms with van der Waals surface area (Å²) in [7, 11) is 0. The molecule has 1 heterocycles. The van der Waals surface area contributed by atoms with E-state index in [4.69, 9.17) is 4.74 Å². The third-order valence-electron chi connectivity index (χ3n) is 1.66. The maximum atomic E-state index is 10.9. The van der Waals surface area contributed by atoms with Gasteiger partial charge >= 0.3 is 5.97 Å². The summed E-state index contributed by atoms with van der Waals surface area (Å²) in [4.78, 5) is 10.9. The number of fused-ring (bicyclic) bond motifs is 1. The SMILES string of the molecule is C=C1C(=O)Oc2ccccc21.[Na]. The van der Waals surface area contributed by atoms with E-state index in [2.05, 4.69) is 6.58 Å². The zero-order valence-electron chi connectivity index (χ0n) is 6.83. The molecule has 1 aliphatic heterocycles. The van der Waals surface area contributed by atoms with Crippen LogP contribution in [-0.4, -0.2) is 35.5 Å². The predicted octanol–water partition coefficient (Wildman–Crippen LogP) is 1.24. The number of ether oxygens (including phenoxy) is 1. The molecule has 0 N–H and O–H groups in total. The van der Waals surface area contributed by atoms with E-state index in [-0.39, 0.29) is 35.5 Å². The summed E-state index contributed by atoms with van der Waals surface area (Å²) >= 11 is 0. The molecule has 12 heavy (non-hydrogen) atoms. The fourth-order valence-electron chi connectivity index (χ4n) is 1.08. The number of hydrogen-bond donors (Lipinski definition) is 0. The molecule has 0 aliphatic carbocycles. The molecule has 1 radical (unpaired) electrons. The van der Waals surface area contributed by atoms with Gasteiger partial charge in [0.05, 0.1) is 5.57 Å². The van der Waals surface area contributed by atoms with Crippen LogP contribution in [0.25, 0.3) is 5.57 Å². The molecule has 0 bridgehead atoms. The van der Waals surface area contributed by atoms with E-state index in [1.807, 2.05) is 18.2 Å². The third kappa shape index (κ3) is 1.33. The Labute approximate surface area is 92.5 Å². The van der Waals surface area contributed by atoms with Crippen molar-refractivity contribution in [3.05, 3.63) is 36.4 Å². The fourth-order valence-corrected chi connectivity index (χ4v) is 1.08. The second-order valence-corrected chi connectivity index (χ2v) is 2.36. The molecule has 0 saturated carbocycles. The zero-order chi connectivity index (χ0) is 7.84. The second-order valence-electron chi connectivity index (χ2n) is 2.36. The molecule has 0 aromatic heterocycles. The Morgan fingerprint density at radius 2 is 1.92 bits per heavy atom. The van der Waals surface area contributed by atoms with Crippen LogP contribution in [0.1, 0.15) is 5.56 Å². The zero-order valence-corrected chi connectivity index (χ0v) is 8.83. The first-order chi connectivity index (χ1) is 5.29. The summed E-state index contributed by atoms with van der Waals surface area (Å²) in [5.74, 6) is 0.272. The van der Waals surface area contributed by atoms with Gasteiger partial charge in [-0.1, -0.05) is 24.8 Å². The molecular weight excluding hydrogens is 163 g/mol. The summed E-state index contributed by atoms with van der Waals surface area (Å²) in [6.45, 7) is 3.60. The number of rotatable bonds is 0. The van der Waals surface area contributed by atoms with Crippen LogP contribution >= 0.6 is 0 Å². The van der Waals surface area contributed by atoms with Crippen LogP contribution < -0.4 is 4.74 Å². The van der Waals surface area contributed by atoms with Crippen LogP contribution in [0.4, 0.5) is 0 Å². The van der Waals surface area contributed by atoms with Gasteiger partial charge in [-0.2, -0.15) is 0 Å². The molecule has 1 aromatic carbocycles. The van der Waals surface area contributed by atoms with Gasteiger partial charge in [-0.3, -0.25) is 0 Å². The number of para-hydroxylation sites is 1. The fraction of sp³-hybridized carbons (Fsp3) is 0. The largest absolute Gasteiger partial charge is 0.422 e. The van der Waals surface area contributed by atoms with E-state index in [1.54, 1.807) is 6.07 Å². The van der Waals surface area contributed by atoms with Crippen LogP contribution in [0.5, 0.6) is 5.75 Å². The van der Waals surface area contributed by atoms with Crippen molar-refractivity contribution in [2.75, 3.05) is 0 Å². The van der Waals surface area contributed by atoms with Gasteiger partial charge in [0, 0.05) is 35.1 Å². The van der Waals surface area contributed by atoms with Crippen molar-refractivity contribution in [2.45, 2.75) is 0 Å². The minimum absolute atomic E-state index is 0. The van der Waals surface area contributed by atoms with Crippen LogP contribution in [0.2, 0.25) is 0 Å². The van der Waals surface area contributed by atoms with E-state index in [9.17, 15) is 4.79 Å². The standard InChI is InChI=1S/C9H6O2.Na/c1-6-7-4-2-3-5-8(7)11-9(6)10;/h2-5H,1H2;. The monoisotopic (exact) mass is 169 g/mol. The van der Waals surface area contributed by atoms with Crippen molar-refractivity contribution >= 4 is 41.1 Å². The third-order valence-corrected chi connectivity index (χ3v) is 1.66. The molecule has 0 fully saturated rings. The van der Waals surface area contributed by atoms with Gasteiger partial charge in [0.15, 0.2) is 0 Å². The average molecular weight is 169 g/mol. The van der Waals surface area contributed by atoms with Crippen molar-refractivity contribution in [3.8, 4) is 5.75 Å². The van der Waals surface area contributed by atoms with Gasteiger partial charge in [0.1, 0.15) is 5.75 Å². The van der Waals surface area contributed by atoms with Gasteiger partial charge in [0.25, 0.3) is 0 Å². The minimum Gasteiger partial charge on any atom is -0.422 e. The molecule has 1 aromatic rings. The summed E-state index contributed by atoms with van der Waals surface area (Å²) in [6.07, 6.45) is 0. The molecule has 2 nitrogen and oxygen atoms in total. The summed E-state index contributed by atoms with van der Waals surface area (Å²) < 4.78 is 4.88. The molecular formula is C9H6NaO2. The topological polar surface area (TPSA) is 26.3 Å². The Balaban J connectivity index is 0.000000720. The number of esters is 1. The minimum atomic E-state index is -0.341. The first-order valence-electron chi connectivity index (χ1n) is 3.29. The van der Waals surface area contributed by atoms with Gasteiger partial charge in [-0.05, 0) is 6.07 Å². The molecule has 3 heteroatoms. The molecule has 55 valence electrons. The number of carbonyl (C=O) groups excluding carboxylic acids is 1. The average Bonchev–Trinajstić information content (AvgIpc) is 2.30. The Morgan fingerprint density at radius 3 is 2.58 bits per heavy atom. The maximum Gasteiger partial charge on any atom is 0.343 e. The van der Waals surface area contributed by atoms with Crippen LogP contribution in [0.3, 0.4) is 0 Å². The van der Waals surface area contributed by atoms with Crippen LogP contribution in [0, 0.1) is 0 Å². The van der Waals surface area contributed by atoms with Crippen LogP contribution in [-0.2, 0) is 4.79 Å². The molecule has 1 aliphatic rings. The van der Waals surface area contributed by atoms with Crippen LogP contribution in [0.15, 0.2) is 30.8 Å². The molecule has 0 unspecified atom stereocenters. The molecule has 0 amide bonds. The van der Waals surface area contributed by atoms with Gasteiger partial charge in [-0.15, -0.1) is 0 Å². The normalized spacial score (nSPS) is 13.3. The Kier molecular flexibility index (Phi) is 2.73. The molecule has 0 spiro atoms. The van der Waals surface area contributed by atoms with E-state index in [0.29, 0.717) is 11.3 Å². The summed E-state index contributed by atoms with van der Waals surface area (Å²) in [5, 5.41) is 0.